The Kier molecular flexibility index (Phi) is 6.05. The minimum absolute atomic E-state index is 0.128. The molecule has 1 atom stereocenters. The van der Waals surface area contributed by atoms with Crippen molar-refractivity contribution in [2.75, 3.05) is 0 Å². The van der Waals surface area contributed by atoms with Crippen molar-refractivity contribution in [1.29, 1.82) is 0 Å². The third-order valence-corrected chi connectivity index (χ3v) is 6.85. The van der Waals surface area contributed by atoms with E-state index in [0.29, 0.717) is 11.5 Å². The van der Waals surface area contributed by atoms with Crippen molar-refractivity contribution in [3.63, 3.8) is 0 Å². The van der Waals surface area contributed by atoms with E-state index in [1.807, 2.05) is 45.9 Å². The quantitative estimate of drug-likeness (QED) is 0.459. The molecule has 2 aliphatic rings. The number of phenolic OH excluding ortho intramolecular Hbond substituents is 2. The van der Waals surface area contributed by atoms with Gasteiger partial charge in [0.25, 0.3) is 0 Å². The summed E-state index contributed by atoms with van der Waals surface area (Å²) in [6, 6.07) is 5.56. The van der Waals surface area contributed by atoms with E-state index in [9.17, 15) is 10.2 Å². The Hall–Kier alpha value is -3.14. The third kappa shape index (κ3) is 4.46. The fraction of sp³-hybridized carbons (Fsp3) is 0.400. The third-order valence-electron chi connectivity index (χ3n) is 6.85. The van der Waals surface area contributed by atoms with Crippen LogP contribution in [0.3, 0.4) is 0 Å². The Bertz CT molecular complexity index is 1190. The predicted molar refractivity (Wildman–Crippen MR) is 138 cm³/mol. The van der Waals surface area contributed by atoms with E-state index in [1.165, 1.54) is 5.57 Å². The zero-order valence-corrected chi connectivity index (χ0v) is 21.2. The minimum Gasteiger partial charge on any atom is -0.507 e. The van der Waals surface area contributed by atoms with Crippen LogP contribution in [0.25, 0.3) is 6.08 Å². The smallest absolute Gasteiger partial charge is 0.169 e. The van der Waals surface area contributed by atoms with Gasteiger partial charge < -0.3 is 19.7 Å². The summed E-state index contributed by atoms with van der Waals surface area (Å²) < 4.78 is 12.6. The van der Waals surface area contributed by atoms with Gasteiger partial charge in [0, 0.05) is 28.2 Å². The van der Waals surface area contributed by atoms with Gasteiger partial charge in [0.15, 0.2) is 11.5 Å². The van der Waals surface area contributed by atoms with Crippen molar-refractivity contribution in [1.82, 2.24) is 0 Å². The molecule has 0 amide bonds. The van der Waals surface area contributed by atoms with Crippen molar-refractivity contribution in [3.05, 3.63) is 76.4 Å². The molecule has 0 aliphatic carbocycles. The van der Waals surface area contributed by atoms with Gasteiger partial charge in [0.2, 0.25) is 0 Å². The molecule has 0 saturated carbocycles. The van der Waals surface area contributed by atoms with Crippen LogP contribution in [0.2, 0.25) is 0 Å². The molecule has 0 fully saturated rings. The lowest BCUT2D eigenvalue weighted by molar-refractivity contribution is 0.151. The monoisotopic (exact) mass is 460 g/mol. The van der Waals surface area contributed by atoms with Gasteiger partial charge in [-0.1, -0.05) is 37.6 Å². The normalized spacial score (nSPS) is 18.2. The number of aryl methyl sites for hydroxylation is 1. The molecule has 0 radical (unpaired) electrons. The summed E-state index contributed by atoms with van der Waals surface area (Å²) >= 11 is 0. The van der Waals surface area contributed by atoms with Gasteiger partial charge in [0.05, 0.1) is 0 Å². The second kappa shape index (κ2) is 8.57. The van der Waals surface area contributed by atoms with E-state index >= 15 is 0 Å². The molecule has 4 rings (SSSR count). The summed E-state index contributed by atoms with van der Waals surface area (Å²) in [5, 5.41) is 21.7. The van der Waals surface area contributed by atoms with Crippen LogP contribution < -0.4 is 9.47 Å². The van der Waals surface area contributed by atoms with Crippen LogP contribution in [0.15, 0.2) is 48.6 Å². The first-order chi connectivity index (χ1) is 15.9. The van der Waals surface area contributed by atoms with Gasteiger partial charge in [-0.05, 0) is 76.3 Å². The van der Waals surface area contributed by atoms with E-state index in [4.69, 9.17) is 9.47 Å². The highest BCUT2D eigenvalue weighted by molar-refractivity contribution is 5.71. The van der Waals surface area contributed by atoms with E-state index in [2.05, 4.69) is 32.6 Å². The lowest BCUT2D eigenvalue weighted by Crippen LogP contribution is -2.28. The van der Waals surface area contributed by atoms with Gasteiger partial charge in [-0.25, -0.2) is 0 Å². The predicted octanol–water partition coefficient (Wildman–Crippen LogP) is 7.32. The van der Waals surface area contributed by atoms with E-state index in [0.717, 1.165) is 47.1 Å². The van der Waals surface area contributed by atoms with Crippen molar-refractivity contribution >= 4 is 6.08 Å². The molecule has 0 unspecified atom stereocenters. The number of hydrogen-bond donors (Lipinski definition) is 2. The number of benzene rings is 2. The molecular formula is C30H36O4. The zero-order valence-electron chi connectivity index (χ0n) is 21.2. The zero-order chi connectivity index (χ0) is 24.8. The number of ether oxygens (including phenoxy) is 2. The Morgan fingerprint density at radius 1 is 1.18 bits per heavy atom. The molecule has 4 nitrogen and oxygen atoms in total. The first-order valence-corrected chi connectivity index (χ1v) is 12.0. The summed E-state index contributed by atoms with van der Waals surface area (Å²) in [4.78, 5) is 0. The first kappa shape index (κ1) is 24.0. The maximum atomic E-state index is 10.9. The second-order valence-corrected chi connectivity index (χ2v) is 10.8. The summed E-state index contributed by atoms with van der Waals surface area (Å²) in [6.45, 7) is 16.1. The van der Waals surface area contributed by atoms with E-state index < -0.39 is 5.60 Å². The molecule has 2 aliphatic heterocycles. The highest BCUT2D eigenvalue weighted by Crippen LogP contribution is 2.47. The molecule has 34 heavy (non-hydrogen) atoms. The summed E-state index contributed by atoms with van der Waals surface area (Å²) in [6.07, 6.45) is 10.2. The molecule has 2 heterocycles. The van der Waals surface area contributed by atoms with Crippen LogP contribution in [0, 0.1) is 0 Å². The summed E-state index contributed by atoms with van der Waals surface area (Å²) in [5.74, 6) is 1.55. The van der Waals surface area contributed by atoms with E-state index in [-0.39, 0.29) is 23.0 Å². The van der Waals surface area contributed by atoms with Crippen LogP contribution in [0.5, 0.6) is 23.0 Å². The maximum absolute atomic E-state index is 10.9. The molecule has 180 valence electrons. The van der Waals surface area contributed by atoms with Crippen LogP contribution >= 0.6 is 0 Å². The Labute approximate surface area is 203 Å². The molecule has 2 N–H and O–H groups in total. The van der Waals surface area contributed by atoms with Crippen LogP contribution in [-0.2, 0) is 18.3 Å². The fourth-order valence-electron chi connectivity index (χ4n) is 4.68. The van der Waals surface area contributed by atoms with Gasteiger partial charge in [-0.2, -0.15) is 0 Å². The summed E-state index contributed by atoms with van der Waals surface area (Å²) in [7, 11) is 0. The lowest BCUT2D eigenvalue weighted by Gasteiger charge is -2.33. The SMILES string of the molecule is C=CC(C)(C)c1cc2c(cc1O)O[C@@H](c1cc(O)c3c(c1CC=C(C)C)C=CC(C)(C)O3)CC2. The Balaban J connectivity index is 1.77. The second-order valence-electron chi connectivity index (χ2n) is 10.8. The molecule has 0 bridgehead atoms. The molecular weight excluding hydrogens is 424 g/mol. The molecule has 0 aromatic heterocycles. The number of rotatable bonds is 5. The van der Waals surface area contributed by atoms with Gasteiger partial charge in [-0.3, -0.25) is 0 Å². The largest absolute Gasteiger partial charge is 0.507 e. The van der Waals surface area contributed by atoms with Gasteiger partial charge in [0.1, 0.15) is 23.2 Å². The highest BCUT2D eigenvalue weighted by Gasteiger charge is 2.32. The number of fused-ring (bicyclic) bond motifs is 2. The number of allylic oxidation sites excluding steroid dienone is 3. The molecule has 4 heteroatoms. The molecule has 2 aromatic carbocycles. The Morgan fingerprint density at radius 2 is 1.91 bits per heavy atom. The van der Waals surface area contributed by atoms with Crippen molar-refractivity contribution in [2.45, 2.75) is 77.9 Å². The van der Waals surface area contributed by atoms with Gasteiger partial charge in [-0.15, -0.1) is 6.58 Å². The van der Waals surface area contributed by atoms with Crippen molar-refractivity contribution < 1.29 is 19.7 Å². The van der Waals surface area contributed by atoms with Crippen LogP contribution in [-0.4, -0.2) is 15.8 Å². The average molecular weight is 461 g/mol. The number of aromatic hydroxyl groups is 2. The van der Waals surface area contributed by atoms with Gasteiger partial charge >= 0.3 is 0 Å². The number of phenols is 2. The Morgan fingerprint density at radius 3 is 2.59 bits per heavy atom. The first-order valence-electron chi connectivity index (χ1n) is 12.0. The standard InChI is InChI=1S/C30H36O4/c1-8-29(4,5)23-15-19-10-12-26(33-27(19)17-24(23)31)22-16-25(32)28-21(13-14-30(6,7)34-28)20(22)11-9-18(2)3/h8-9,13-17,26,31-32H,1,10-12H2,2-7H3/t26-/m1/s1. The minimum atomic E-state index is -0.478. The van der Waals surface area contributed by atoms with Crippen LogP contribution in [0.4, 0.5) is 0 Å². The number of hydrogen-bond acceptors (Lipinski definition) is 4. The highest BCUT2D eigenvalue weighted by atomic mass is 16.5. The fourth-order valence-corrected chi connectivity index (χ4v) is 4.68. The van der Waals surface area contributed by atoms with E-state index in [1.54, 1.807) is 12.1 Å². The molecule has 0 spiro atoms. The lowest BCUT2D eigenvalue weighted by atomic mass is 9.82. The summed E-state index contributed by atoms with van der Waals surface area (Å²) in [5.41, 5.74) is 5.32. The molecule has 0 saturated heterocycles. The average Bonchev–Trinajstić information content (AvgIpc) is 2.77. The van der Waals surface area contributed by atoms with Crippen LogP contribution in [0.1, 0.15) is 81.9 Å². The van der Waals surface area contributed by atoms with Crippen molar-refractivity contribution in [2.24, 2.45) is 0 Å². The van der Waals surface area contributed by atoms with Crippen molar-refractivity contribution in [3.8, 4) is 23.0 Å². The molecule has 2 aromatic rings. The maximum Gasteiger partial charge on any atom is 0.169 e. The topological polar surface area (TPSA) is 58.9 Å².